The van der Waals surface area contributed by atoms with Gasteiger partial charge in [-0.15, -0.1) is 11.3 Å². The molecule has 0 bridgehead atoms. The van der Waals surface area contributed by atoms with Gasteiger partial charge in [0.25, 0.3) is 5.69 Å². The fraction of sp³-hybridized carbons (Fsp3) is 0.250. The van der Waals surface area contributed by atoms with Crippen LogP contribution in [0, 0.1) is 10.1 Å². The van der Waals surface area contributed by atoms with E-state index in [-0.39, 0.29) is 11.0 Å². The molecular formula is C16H13ClN4O3S. The number of hydrogen-bond acceptors (Lipinski definition) is 7. The van der Waals surface area contributed by atoms with Crippen LogP contribution < -0.4 is 4.90 Å². The molecule has 0 aliphatic carbocycles. The van der Waals surface area contributed by atoms with Crippen molar-refractivity contribution in [2.45, 2.75) is 0 Å². The molecule has 0 unspecified atom stereocenters. The summed E-state index contributed by atoms with van der Waals surface area (Å²) in [5.74, 6) is 0.751. The van der Waals surface area contributed by atoms with E-state index in [1.54, 1.807) is 12.1 Å². The number of nitrogens with zero attached hydrogens (tertiary/aromatic N) is 4. The zero-order valence-corrected chi connectivity index (χ0v) is 14.6. The molecule has 0 N–H and O–H groups in total. The Morgan fingerprint density at radius 3 is 2.84 bits per heavy atom. The number of hydrogen-bond donors (Lipinski definition) is 0. The fourth-order valence-corrected chi connectivity index (χ4v) is 4.06. The molecule has 1 aliphatic rings. The Hall–Kier alpha value is -2.29. The second kappa shape index (κ2) is 6.55. The van der Waals surface area contributed by atoms with Gasteiger partial charge in [-0.1, -0.05) is 12.1 Å². The number of non-ortho nitro benzene ring substituents is 1. The standard InChI is InChI=1S/C16H13ClN4O3S/c17-16-18-14(20-4-6-24-7-5-20)13-12(9-25-15(13)19-16)10-2-1-3-11(8-10)21(22)23/h1-3,8-9H,4-7H2. The summed E-state index contributed by atoms with van der Waals surface area (Å²) in [6, 6.07) is 6.59. The van der Waals surface area contributed by atoms with Crippen molar-refractivity contribution in [2.24, 2.45) is 0 Å². The molecule has 4 rings (SSSR count). The molecule has 0 spiro atoms. The van der Waals surface area contributed by atoms with Crippen molar-refractivity contribution in [2.75, 3.05) is 31.2 Å². The number of nitro groups is 1. The zero-order valence-electron chi connectivity index (χ0n) is 13.0. The number of aromatic nitrogens is 2. The number of anilines is 1. The highest BCUT2D eigenvalue weighted by Gasteiger charge is 2.21. The van der Waals surface area contributed by atoms with Gasteiger partial charge in [0.15, 0.2) is 0 Å². The van der Waals surface area contributed by atoms with Crippen molar-refractivity contribution in [3.63, 3.8) is 0 Å². The highest BCUT2D eigenvalue weighted by molar-refractivity contribution is 7.17. The first-order valence-corrected chi connectivity index (χ1v) is 8.91. The third-order valence-corrected chi connectivity index (χ3v) is 5.11. The molecule has 7 nitrogen and oxygen atoms in total. The fourth-order valence-electron chi connectivity index (χ4n) is 2.90. The monoisotopic (exact) mass is 376 g/mol. The van der Waals surface area contributed by atoms with Crippen LogP contribution in [-0.2, 0) is 4.74 Å². The zero-order chi connectivity index (χ0) is 17.4. The number of halogens is 1. The van der Waals surface area contributed by atoms with Crippen LogP contribution in [0.15, 0.2) is 29.6 Å². The minimum Gasteiger partial charge on any atom is -0.378 e. The van der Waals surface area contributed by atoms with Crippen molar-refractivity contribution in [1.29, 1.82) is 0 Å². The van der Waals surface area contributed by atoms with E-state index < -0.39 is 4.92 Å². The summed E-state index contributed by atoms with van der Waals surface area (Å²) >= 11 is 7.55. The molecule has 3 aromatic rings. The second-order valence-electron chi connectivity index (χ2n) is 5.55. The first-order valence-electron chi connectivity index (χ1n) is 7.66. The summed E-state index contributed by atoms with van der Waals surface area (Å²) in [5, 5.41) is 14.1. The molecule has 2 aromatic heterocycles. The Bertz CT molecular complexity index is 956. The van der Waals surface area contributed by atoms with E-state index in [1.165, 1.54) is 17.4 Å². The molecule has 1 aliphatic heterocycles. The lowest BCUT2D eigenvalue weighted by Gasteiger charge is -2.28. The van der Waals surface area contributed by atoms with Gasteiger partial charge in [0.05, 0.1) is 23.5 Å². The smallest absolute Gasteiger partial charge is 0.270 e. The number of nitro benzene ring substituents is 1. The van der Waals surface area contributed by atoms with E-state index in [4.69, 9.17) is 16.3 Å². The molecule has 3 heterocycles. The lowest BCUT2D eigenvalue weighted by Crippen LogP contribution is -2.37. The van der Waals surface area contributed by atoms with Crippen LogP contribution >= 0.6 is 22.9 Å². The Morgan fingerprint density at radius 2 is 2.08 bits per heavy atom. The molecule has 1 aromatic carbocycles. The first-order chi connectivity index (χ1) is 12.1. The molecule has 9 heteroatoms. The normalized spacial score (nSPS) is 14.8. The van der Waals surface area contributed by atoms with Crippen molar-refractivity contribution in [3.8, 4) is 11.1 Å². The highest BCUT2D eigenvalue weighted by Crippen LogP contribution is 2.39. The number of fused-ring (bicyclic) bond motifs is 1. The Kier molecular flexibility index (Phi) is 4.24. The highest BCUT2D eigenvalue weighted by atomic mass is 35.5. The van der Waals surface area contributed by atoms with Crippen LogP contribution in [0.2, 0.25) is 5.28 Å². The molecule has 128 valence electrons. The van der Waals surface area contributed by atoms with Crippen LogP contribution in [0.3, 0.4) is 0 Å². The van der Waals surface area contributed by atoms with E-state index in [0.29, 0.717) is 26.3 Å². The van der Waals surface area contributed by atoms with Gasteiger partial charge in [-0.25, -0.2) is 4.98 Å². The summed E-state index contributed by atoms with van der Waals surface area (Å²) < 4.78 is 5.41. The van der Waals surface area contributed by atoms with Crippen LogP contribution in [0.1, 0.15) is 0 Å². The summed E-state index contributed by atoms with van der Waals surface area (Å²) in [4.78, 5) is 22.3. The Labute approximate surface area is 152 Å². The Balaban J connectivity index is 1.90. The van der Waals surface area contributed by atoms with Gasteiger partial charge >= 0.3 is 0 Å². The lowest BCUT2D eigenvalue weighted by molar-refractivity contribution is -0.384. The Morgan fingerprint density at radius 1 is 1.28 bits per heavy atom. The summed E-state index contributed by atoms with van der Waals surface area (Å²) in [5.41, 5.74) is 1.70. The summed E-state index contributed by atoms with van der Waals surface area (Å²) in [6.07, 6.45) is 0. The molecule has 0 saturated carbocycles. The largest absolute Gasteiger partial charge is 0.378 e. The second-order valence-corrected chi connectivity index (χ2v) is 6.75. The van der Waals surface area contributed by atoms with E-state index in [2.05, 4.69) is 14.9 Å². The maximum Gasteiger partial charge on any atom is 0.270 e. The van der Waals surface area contributed by atoms with Crippen LogP contribution in [0.4, 0.5) is 11.5 Å². The number of rotatable bonds is 3. The average Bonchev–Trinajstić information content (AvgIpc) is 3.05. The number of ether oxygens (including phenoxy) is 1. The number of benzene rings is 1. The molecule has 1 fully saturated rings. The summed E-state index contributed by atoms with van der Waals surface area (Å²) in [7, 11) is 0. The topological polar surface area (TPSA) is 81.4 Å². The van der Waals surface area contributed by atoms with E-state index in [0.717, 1.165) is 27.2 Å². The molecule has 0 amide bonds. The van der Waals surface area contributed by atoms with E-state index in [1.807, 2.05) is 11.4 Å². The number of thiophene rings is 1. The van der Waals surface area contributed by atoms with Gasteiger partial charge < -0.3 is 9.64 Å². The van der Waals surface area contributed by atoms with Crippen molar-refractivity contribution in [1.82, 2.24) is 9.97 Å². The minimum atomic E-state index is -0.395. The summed E-state index contributed by atoms with van der Waals surface area (Å²) in [6.45, 7) is 2.68. The van der Waals surface area contributed by atoms with Gasteiger partial charge in [-0.05, 0) is 17.2 Å². The maximum atomic E-state index is 11.1. The van der Waals surface area contributed by atoms with Gasteiger partial charge in [0.2, 0.25) is 5.28 Å². The van der Waals surface area contributed by atoms with E-state index >= 15 is 0 Å². The van der Waals surface area contributed by atoms with Crippen molar-refractivity contribution >= 4 is 44.7 Å². The predicted octanol–water partition coefficient (Wildman–Crippen LogP) is 3.76. The lowest BCUT2D eigenvalue weighted by atomic mass is 10.1. The van der Waals surface area contributed by atoms with Gasteiger partial charge in [-0.2, -0.15) is 4.98 Å². The van der Waals surface area contributed by atoms with Crippen LogP contribution in [0.25, 0.3) is 21.3 Å². The first kappa shape index (κ1) is 16.2. The minimum absolute atomic E-state index is 0.0552. The molecule has 1 saturated heterocycles. The van der Waals surface area contributed by atoms with Crippen molar-refractivity contribution in [3.05, 3.63) is 45.0 Å². The van der Waals surface area contributed by atoms with E-state index in [9.17, 15) is 10.1 Å². The molecule has 0 radical (unpaired) electrons. The van der Waals surface area contributed by atoms with Crippen LogP contribution in [-0.4, -0.2) is 41.2 Å². The SMILES string of the molecule is O=[N+]([O-])c1cccc(-c2csc3nc(Cl)nc(N4CCOCC4)c23)c1. The predicted molar refractivity (Wildman–Crippen MR) is 97.5 cm³/mol. The van der Waals surface area contributed by atoms with Gasteiger partial charge in [0, 0.05) is 36.2 Å². The molecule has 25 heavy (non-hydrogen) atoms. The van der Waals surface area contributed by atoms with Crippen LogP contribution in [0.5, 0.6) is 0 Å². The maximum absolute atomic E-state index is 11.1. The molecular weight excluding hydrogens is 364 g/mol. The third kappa shape index (κ3) is 3.04. The van der Waals surface area contributed by atoms with Gasteiger partial charge in [-0.3, -0.25) is 10.1 Å². The average molecular weight is 377 g/mol. The third-order valence-electron chi connectivity index (χ3n) is 4.07. The molecule has 0 atom stereocenters. The quantitative estimate of drug-likeness (QED) is 0.393. The van der Waals surface area contributed by atoms with Gasteiger partial charge in [0.1, 0.15) is 10.6 Å². The van der Waals surface area contributed by atoms with Crippen molar-refractivity contribution < 1.29 is 9.66 Å². The number of morpholine rings is 1.